The second-order valence-corrected chi connectivity index (χ2v) is 8.06. The summed E-state index contributed by atoms with van der Waals surface area (Å²) in [5.74, 6) is 1.12. The molecule has 7 heteroatoms. The van der Waals surface area contributed by atoms with Gasteiger partial charge in [-0.05, 0) is 57.7 Å². The van der Waals surface area contributed by atoms with Crippen LogP contribution in [0.25, 0.3) is 0 Å². The summed E-state index contributed by atoms with van der Waals surface area (Å²) < 4.78 is 0. The lowest BCUT2D eigenvalue weighted by Crippen LogP contribution is -2.49. The molecule has 1 amide bonds. The molecule has 0 spiro atoms. The van der Waals surface area contributed by atoms with E-state index in [-0.39, 0.29) is 29.9 Å². The zero-order valence-corrected chi connectivity index (χ0v) is 20.3. The van der Waals surface area contributed by atoms with Crippen molar-refractivity contribution < 1.29 is 4.79 Å². The highest BCUT2D eigenvalue weighted by molar-refractivity contribution is 14.0. The van der Waals surface area contributed by atoms with E-state index in [1.807, 2.05) is 17.0 Å². The summed E-state index contributed by atoms with van der Waals surface area (Å²) in [4.78, 5) is 21.1. The Morgan fingerprint density at radius 3 is 2.41 bits per heavy atom. The first kappa shape index (κ1) is 23.9. The largest absolute Gasteiger partial charge is 0.357 e. The monoisotopic (exact) mass is 513 g/mol. The maximum Gasteiger partial charge on any atom is 0.227 e. The van der Waals surface area contributed by atoms with E-state index in [1.165, 1.54) is 0 Å². The smallest absolute Gasteiger partial charge is 0.227 e. The Balaban J connectivity index is 0.00000300. The van der Waals surface area contributed by atoms with Gasteiger partial charge >= 0.3 is 0 Å². The fraction of sp³-hybridized carbons (Fsp3) is 0.636. The third kappa shape index (κ3) is 6.84. The Morgan fingerprint density at radius 1 is 1.17 bits per heavy atom. The van der Waals surface area contributed by atoms with Crippen LogP contribution >= 0.6 is 24.0 Å². The van der Waals surface area contributed by atoms with Crippen molar-refractivity contribution >= 4 is 41.5 Å². The van der Waals surface area contributed by atoms with Gasteiger partial charge < -0.3 is 20.4 Å². The number of aliphatic imine (C=N–C) groups is 1. The van der Waals surface area contributed by atoms with Crippen LogP contribution in [0, 0.1) is 0 Å². The number of hydrogen-bond acceptors (Lipinski definition) is 3. The fourth-order valence-corrected chi connectivity index (χ4v) is 3.95. The number of nitrogens with zero attached hydrogens (tertiary/aromatic N) is 3. The highest BCUT2D eigenvalue weighted by Crippen LogP contribution is 2.21. The number of anilines is 1. The van der Waals surface area contributed by atoms with Gasteiger partial charge in [-0.25, -0.2) is 4.99 Å². The molecule has 1 aromatic carbocycles. The molecule has 0 bridgehead atoms. The van der Waals surface area contributed by atoms with E-state index in [0.29, 0.717) is 25.0 Å². The normalized spacial score (nSPS) is 18.8. The molecule has 2 N–H and O–H groups in total. The number of piperidine rings is 1. The van der Waals surface area contributed by atoms with Crippen LogP contribution in [0.3, 0.4) is 0 Å². The van der Waals surface area contributed by atoms with Crippen LogP contribution in [0.15, 0.2) is 29.3 Å². The molecule has 3 rings (SSSR count). The van der Waals surface area contributed by atoms with E-state index in [2.05, 4.69) is 48.4 Å². The number of hydrogen-bond donors (Lipinski definition) is 2. The number of nitrogens with one attached hydrogen (secondary N) is 2. The van der Waals surface area contributed by atoms with E-state index in [0.717, 1.165) is 62.7 Å². The number of benzene rings is 1. The lowest BCUT2D eigenvalue weighted by atomic mass is 10.0. The molecule has 0 atom stereocenters. The topological polar surface area (TPSA) is 60.0 Å². The number of halogens is 1. The fourth-order valence-electron chi connectivity index (χ4n) is 3.95. The van der Waals surface area contributed by atoms with Gasteiger partial charge in [0.25, 0.3) is 0 Å². The number of carbonyl (C=O) groups is 1. The van der Waals surface area contributed by atoms with Crippen LogP contribution in [0.1, 0.15) is 52.0 Å². The van der Waals surface area contributed by atoms with Gasteiger partial charge in [-0.2, -0.15) is 0 Å². The molecular weight excluding hydrogens is 477 g/mol. The molecule has 6 nitrogen and oxygen atoms in total. The molecule has 0 aliphatic carbocycles. The molecule has 2 saturated heterocycles. The van der Waals surface area contributed by atoms with E-state index < -0.39 is 0 Å². The van der Waals surface area contributed by atoms with Gasteiger partial charge in [0.2, 0.25) is 5.91 Å². The minimum absolute atomic E-state index is 0. The average molecular weight is 513 g/mol. The van der Waals surface area contributed by atoms with Gasteiger partial charge in [-0.15, -0.1) is 24.0 Å². The second kappa shape index (κ2) is 11.7. The van der Waals surface area contributed by atoms with E-state index in [1.54, 1.807) is 0 Å². The van der Waals surface area contributed by atoms with Crippen LogP contribution in [-0.4, -0.2) is 55.0 Å². The minimum Gasteiger partial charge on any atom is -0.357 e. The van der Waals surface area contributed by atoms with Gasteiger partial charge in [0.15, 0.2) is 5.96 Å². The molecule has 1 aromatic rings. The van der Waals surface area contributed by atoms with Crippen LogP contribution in [0.2, 0.25) is 0 Å². The Labute approximate surface area is 192 Å². The number of likely N-dealkylation sites (tertiary alicyclic amines) is 1. The van der Waals surface area contributed by atoms with Crippen LogP contribution in [0.4, 0.5) is 5.69 Å². The summed E-state index contributed by atoms with van der Waals surface area (Å²) in [6.07, 6.45) is 3.93. The summed E-state index contributed by atoms with van der Waals surface area (Å²) in [6.45, 7) is 11.2. The molecule has 0 aromatic heterocycles. The first-order chi connectivity index (χ1) is 13.6. The molecule has 29 heavy (non-hydrogen) atoms. The van der Waals surface area contributed by atoms with Gasteiger partial charge in [-0.3, -0.25) is 4.79 Å². The molecule has 0 unspecified atom stereocenters. The van der Waals surface area contributed by atoms with Crippen molar-refractivity contribution in [3.8, 4) is 0 Å². The van der Waals surface area contributed by atoms with Crippen molar-refractivity contribution in [3.05, 3.63) is 29.8 Å². The van der Waals surface area contributed by atoms with Crippen molar-refractivity contribution in [2.24, 2.45) is 4.99 Å². The quantitative estimate of drug-likeness (QED) is 0.348. The van der Waals surface area contributed by atoms with Crippen LogP contribution in [0.5, 0.6) is 0 Å². The molecule has 0 radical (unpaired) electrons. The summed E-state index contributed by atoms with van der Waals surface area (Å²) in [7, 11) is 0. The van der Waals surface area contributed by atoms with Gasteiger partial charge in [-0.1, -0.05) is 12.1 Å². The van der Waals surface area contributed by atoms with Crippen molar-refractivity contribution in [1.82, 2.24) is 15.5 Å². The van der Waals surface area contributed by atoms with Gasteiger partial charge in [0.1, 0.15) is 0 Å². The highest BCUT2D eigenvalue weighted by Gasteiger charge is 2.22. The maximum atomic E-state index is 11.9. The Morgan fingerprint density at radius 2 is 1.86 bits per heavy atom. The number of rotatable bonds is 6. The highest BCUT2D eigenvalue weighted by atomic mass is 127. The van der Waals surface area contributed by atoms with Crippen molar-refractivity contribution in [2.75, 3.05) is 31.1 Å². The Hall–Kier alpha value is -1.35. The third-order valence-electron chi connectivity index (χ3n) is 5.69. The molecule has 2 aliphatic rings. The van der Waals surface area contributed by atoms with E-state index >= 15 is 0 Å². The molecule has 2 aliphatic heterocycles. The Bertz CT molecular complexity index is 668. The maximum absolute atomic E-state index is 11.9. The van der Waals surface area contributed by atoms with E-state index in [4.69, 9.17) is 4.99 Å². The number of carbonyl (C=O) groups excluding carboxylic acids is 1. The summed E-state index contributed by atoms with van der Waals surface area (Å²) in [6, 6.07) is 9.34. The molecule has 2 heterocycles. The lowest BCUT2D eigenvalue weighted by Gasteiger charge is -2.35. The number of guanidine groups is 1. The SMILES string of the molecule is CCNC(=NCc1ccc(N2CCCC2=O)cc1)NC1CCN(C(C)C)CC1.I. The minimum atomic E-state index is 0. The van der Waals surface area contributed by atoms with Gasteiger partial charge in [0.05, 0.1) is 6.54 Å². The summed E-state index contributed by atoms with van der Waals surface area (Å²) in [5.41, 5.74) is 2.15. The molecular formula is C22H36IN5O. The zero-order valence-electron chi connectivity index (χ0n) is 18.0. The zero-order chi connectivity index (χ0) is 19.9. The average Bonchev–Trinajstić information content (AvgIpc) is 3.13. The van der Waals surface area contributed by atoms with Crippen LogP contribution < -0.4 is 15.5 Å². The third-order valence-corrected chi connectivity index (χ3v) is 5.69. The molecule has 162 valence electrons. The molecule has 2 fully saturated rings. The first-order valence-electron chi connectivity index (χ1n) is 10.7. The van der Waals surface area contributed by atoms with E-state index in [9.17, 15) is 4.79 Å². The Kier molecular flexibility index (Phi) is 9.68. The lowest BCUT2D eigenvalue weighted by molar-refractivity contribution is -0.117. The van der Waals surface area contributed by atoms with Crippen molar-refractivity contribution in [3.63, 3.8) is 0 Å². The van der Waals surface area contributed by atoms with Crippen molar-refractivity contribution in [2.45, 2.75) is 65.1 Å². The first-order valence-corrected chi connectivity index (χ1v) is 10.7. The summed E-state index contributed by atoms with van der Waals surface area (Å²) in [5, 5.41) is 6.98. The van der Waals surface area contributed by atoms with Crippen molar-refractivity contribution in [1.29, 1.82) is 0 Å². The standard InChI is InChI=1S/C22H35N5O.HI/c1-4-23-22(25-19-11-14-26(15-12-19)17(2)3)24-16-18-7-9-20(10-8-18)27-13-5-6-21(27)28;/h7-10,17,19H,4-6,11-16H2,1-3H3,(H2,23,24,25);1H. The summed E-state index contributed by atoms with van der Waals surface area (Å²) >= 11 is 0. The van der Waals surface area contributed by atoms with Gasteiger partial charge in [0, 0.05) is 50.4 Å². The molecule has 0 saturated carbocycles. The number of amides is 1. The predicted molar refractivity (Wildman–Crippen MR) is 131 cm³/mol. The van der Waals surface area contributed by atoms with Crippen LogP contribution in [-0.2, 0) is 11.3 Å². The predicted octanol–water partition coefficient (Wildman–Crippen LogP) is 3.36. The second-order valence-electron chi connectivity index (χ2n) is 8.06.